The highest BCUT2D eigenvalue weighted by molar-refractivity contribution is 7.89. The molecule has 146 valence electrons. The molecular weight excluding hydrogens is 390 g/mol. The van der Waals surface area contributed by atoms with Gasteiger partial charge < -0.3 is 4.74 Å². The number of halogens is 2. The number of aromatic nitrogens is 3. The molecule has 1 aromatic heterocycles. The van der Waals surface area contributed by atoms with E-state index in [0.717, 1.165) is 16.4 Å². The van der Waals surface area contributed by atoms with E-state index in [1.165, 1.54) is 0 Å². The first kappa shape index (κ1) is 18.5. The van der Waals surface area contributed by atoms with Crippen molar-refractivity contribution >= 4 is 10.0 Å². The van der Waals surface area contributed by atoms with Crippen LogP contribution in [-0.2, 0) is 16.6 Å². The fourth-order valence-corrected chi connectivity index (χ4v) is 4.40. The van der Waals surface area contributed by atoms with Crippen LogP contribution in [0.2, 0.25) is 0 Å². The van der Waals surface area contributed by atoms with Crippen LogP contribution in [0.3, 0.4) is 0 Å². The molecule has 7 nitrogen and oxygen atoms in total. The van der Waals surface area contributed by atoms with Gasteiger partial charge in [0.25, 0.3) is 0 Å². The summed E-state index contributed by atoms with van der Waals surface area (Å²) in [4.78, 5) is -0.539. The predicted molar refractivity (Wildman–Crippen MR) is 94.9 cm³/mol. The van der Waals surface area contributed by atoms with E-state index in [1.54, 1.807) is 10.9 Å². The van der Waals surface area contributed by atoms with Gasteiger partial charge in [-0.05, 0) is 24.3 Å². The van der Waals surface area contributed by atoms with Gasteiger partial charge in [0, 0.05) is 19.2 Å². The van der Waals surface area contributed by atoms with Crippen molar-refractivity contribution in [2.75, 3.05) is 13.1 Å². The normalized spacial score (nSPS) is 15.4. The lowest BCUT2D eigenvalue weighted by molar-refractivity contribution is 0.188. The Labute approximate surface area is 160 Å². The van der Waals surface area contributed by atoms with Crippen molar-refractivity contribution in [3.8, 4) is 5.75 Å². The molecule has 0 aliphatic carbocycles. The highest BCUT2D eigenvalue weighted by Gasteiger charge is 2.39. The minimum absolute atomic E-state index is 0.126. The number of para-hydroxylation sites is 1. The lowest BCUT2D eigenvalue weighted by atomic mass is 10.2. The third-order valence-corrected chi connectivity index (χ3v) is 6.27. The minimum Gasteiger partial charge on any atom is -0.487 e. The van der Waals surface area contributed by atoms with E-state index in [1.807, 2.05) is 30.3 Å². The minimum atomic E-state index is -4.02. The van der Waals surface area contributed by atoms with Crippen molar-refractivity contribution in [1.29, 1.82) is 0 Å². The molecule has 1 aliphatic rings. The molecule has 28 heavy (non-hydrogen) atoms. The average molecular weight is 406 g/mol. The van der Waals surface area contributed by atoms with E-state index >= 15 is 0 Å². The molecule has 1 fully saturated rings. The Morgan fingerprint density at radius 2 is 1.86 bits per heavy atom. The van der Waals surface area contributed by atoms with Crippen LogP contribution in [-0.4, -0.2) is 40.8 Å². The van der Waals surface area contributed by atoms with Crippen LogP contribution in [0.25, 0.3) is 0 Å². The fraction of sp³-hybridized carbons (Fsp3) is 0.222. The summed E-state index contributed by atoms with van der Waals surface area (Å²) in [5, 5.41) is 8.03. The average Bonchev–Trinajstić information content (AvgIpc) is 3.07. The Morgan fingerprint density at radius 3 is 2.57 bits per heavy atom. The van der Waals surface area contributed by atoms with Gasteiger partial charge in [-0.25, -0.2) is 21.9 Å². The molecule has 2 heterocycles. The second-order valence-corrected chi connectivity index (χ2v) is 8.25. The summed E-state index contributed by atoms with van der Waals surface area (Å²) in [6.07, 6.45) is 1.69. The summed E-state index contributed by atoms with van der Waals surface area (Å²) in [5.74, 6) is -1.23. The van der Waals surface area contributed by atoms with E-state index in [9.17, 15) is 17.2 Å². The Bertz CT molecular complexity index is 1080. The van der Waals surface area contributed by atoms with Crippen molar-refractivity contribution in [3.05, 3.63) is 72.1 Å². The first-order valence-corrected chi connectivity index (χ1v) is 9.91. The monoisotopic (exact) mass is 406 g/mol. The molecule has 0 saturated carbocycles. The maximum Gasteiger partial charge on any atom is 0.246 e. The van der Waals surface area contributed by atoms with Crippen molar-refractivity contribution < 1.29 is 21.9 Å². The Kier molecular flexibility index (Phi) is 4.82. The van der Waals surface area contributed by atoms with E-state index < -0.39 is 26.6 Å². The van der Waals surface area contributed by atoms with Gasteiger partial charge in [-0.2, -0.15) is 4.31 Å². The first-order valence-electron chi connectivity index (χ1n) is 8.47. The number of ether oxygens (including phenoxy) is 1. The van der Waals surface area contributed by atoms with Crippen LogP contribution in [0.4, 0.5) is 8.78 Å². The molecule has 0 atom stereocenters. The largest absolute Gasteiger partial charge is 0.487 e. The van der Waals surface area contributed by atoms with E-state index in [-0.39, 0.29) is 25.7 Å². The molecule has 0 radical (unpaired) electrons. The van der Waals surface area contributed by atoms with E-state index in [4.69, 9.17) is 4.74 Å². The van der Waals surface area contributed by atoms with Gasteiger partial charge in [0.15, 0.2) is 0 Å². The summed E-state index contributed by atoms with van der Waals surface area (Å²) in [6, 6.07) is 11.5. The quantitative estimate of drug-likeness (QED) is 0.628. The topological polar surface area (TPSA) is 77.3 Å². The van der Waals surface area contributed by atoms with Gasteiger partial charge >= 0.3 is 0 Å². The zero-order valence-corrected chi connectivity index (χ0v) is 15.4. The maximum atomic E-state index is 13.8. The van der Waals surface area contributed by atoms with Crippen LogP contribution < -0.4 is 4.74 Å². The summed E-state index contributed by atoms with van der Waals surface area (Å²) in [7, 11) is -4.02. The molecule has 4 rings (SSSR count). The summed E-state index contributed by atoms with van der Waals surface area (Å²) < 4.78 is 60.1. The van der Waals surface area contributed by atoms with Gasteiger partial charge in [0.2, 0.25) is 10.0 Å². The van der Waals surface area contributed by atoms with Crippen molar-refractivity contribution in [2.45, 2.75) is 17.5 Å². The molecule has 1 saturated heterocycles. The van der Waals surface area contributed by atoms with Crippen LogP contribution >= 0.6 is 0 Å². The zero-order valence-electron chi connectivity index (χ0n) is 14.6. The molecular formula is C18H16F2N4O3S. The van der Waals surface area contributed by atoms with Gasteiger partial charge in [-0.3, -0.25) is 0 Å². The van der Waals surface area contributed by atoms with Gasteiger partial charge in [-0.1, -0.05) is 23.4 Å². The lowest BCUT2D eigenvalue weighted by Gasteiger charge is -2.37. The van der Waals surface area contributed by atoms with Crippen LogP contribution in [0.1, 0.15) is 11.7 Å². The summed E-state index contributed by atoms with van der Waals surface area (Å²) in [5.41, 5.74) is 0.606. The molecule has 0 amide bonds. The molecule has 1 aliphatic heterocycles. The second kappa shape index (κ2) is 7.28. The third kappa shape index (κ3) is 3.60. The van der Waals surface area contributed by atoms with E-state index in [0.29, 0.717) is 17.5 Å². The van der Waals surface area contributed by atoms with Crippen molar-refractivity contribution in [2.24, 2.45) is 0 Å². The van der Waals surface area contributed by atoms with E-state index in [2.05, 4.69) is 10.3 Å². The lowest BCUT2D eigenvalue weighted by Crippen LogP contribution is -2.50. The summed E-state index contributed by atoms with van der Waals surface area (Å²) in [6.45, 7) is 0.489. The van der Waals surface area contributed by atoms with Gasteiger partial charge in [0.05, 0.1) is 12.2 Å². The van der Waals surface area contributed by atoms with Crippen LogP contribution in [0.15, 0.2) is 59.6 Å². The number of hydrogen-bond acceptors (Lipinski definition) is 5. The molecule has 0 N–H and O–H groups in total. The van der Waals surface area contributed by atoms with Crippen molar-refractivity contribution in [1.82, 2.24) is 19.3 Å². The Morgan fingerprint density at radius 1 is 1.11 bits per heavy atom. The molecule has 3 aromatic rings. The molecule has 10 heteroatoms. The molecule has 0 spiro atoms. The smallest absolute Gasteiger partial charge is 0.246 e. The zero-order chi connectivity index (χ0) is 19.7. The highest BCUT2D eigenvalue weighted by atomic mass is 32.2. The van der Waals surface area contributed by atoms with Gasteiger partial charge in [-0.15, -0.1) is 5.10 Å². The fourth-order valence-electron chi connectivity index (χ4n) is 2.84. The number of rotatable bonds is 6. The number of benzene rings is 2. The molecule has 0 bridgehead atoms. The van der Waals surface area contributed by atoms with Gasteiger partial charge in [0.1, 0.15) is 34.6 Å². The number of nitrogens with zero attached hydrogens (tertiary/aromatic N) is 4. The summed E-state index contributed by atoms with van der Waals surface area (Å²) >= 11 is 0. The molecule has 0 unspecified atom stereocenters. The van der Waals surface area contributed by atoms with Crippen molar-refractivity contribution in [3.63, 3.8) is 0 Å². The SMILES string of the molecule is O=S(=O)(c1ccc(F)cc1F)N1CC(n2cc(COc3ccccc3)nn2)C1. The predicted octanol–water partition coefficient (Wildman–Crippen LogP) is 2.38. The standard InChI is InChI=1S/C18H16F2N4O3S/c19-13-6-7-18(17(20)8-13)28(25,26)23-10-15(11-23)24-9-14(21-22-24)12-27-16-4-2-1-3-5-16/h1-9,15H,10-12H2. The highest BCUT2D eigenvalue weighted by Crippen LogP contribution is 2.29. The Hall–Kier alpha value is -2.85. The number of hydrogen-bond donors (Lipinski definition) is 0. The Balaban J connectivity index is 1.38. The van der Waals surface area contributed by atoms with Crippen LogP contribution in [0.5, 0.6) is 5.75 Å². The van der Waals surface area contributed by atoms with Crippen LogP contribution in [0, 0.1) is 11.6 Å². The second-order valence-electron chi connectivity index (χ2n) is 6.34. The first-order chi connectivity index (χ1) is 13.4. The maximum absolute atomic E-state index is 13.8. The number of sulfonamides is 1. The molecule has 2 aromatic carbocycles. The third-order valence-electron chi connectivity index (χ3n) is 4.40.